The number of carbonyl (C=O) groups excluding carboxylic acids is 1. The average Bonchev–Trinajstić information content (AvgIpc) is 2.87. The van der Waals surface area contributed by atoms with Gasteiger partial charge in [0.1, 0.15) is 28.9 Å². The van der Waals surface area contributed by atoms with Crippen molar-refractivity contribution in [3.8, 4) is 0 Å². The Morgan fingerprint density at radius 1 is 1.21 bits per heavy atom. The van der Waals surface area contributed by atoms with Gasteiger partial charge in [0, 0.05) is 68.4 Å². The minimum atomic E-state index is -0.731. The number of rotatable bonds is 9. The monoisotopic (exact) mass is 542 g/mol. The molecule has 0 bridgehead atoms. The lowest BCUT2D eigenvalue weighted by molar-refractivity contribution is -0.154. The van der Waals surface area contributed by atoms with Crippen molar-refractivity contribution in [1.82, 2.24) is 9.97 Å². The largest absolute Gasteiger partial charge is 0.460 e. The first-order valence-electron chi connectivity index (χ1n) is 13.1. The number of fused-ring (bicyclic) bond motifs is 1. The Bertz CT molecular complexity index is 1320. The number of nitrogens with zero attached hydrogens (tertiary/aromatic N) is 4. The normalized spacial score (nSPS) is 14.0. The maximum absolute atomic E-state index is 15.2. The van der Waals surface area contributed by atoms with Gasteiger partial charge in [-0.3, -0.25) is 4.79 Å². The van der Waals surface area contributed by atoms with E-state index in [0.717, 1.165) is 25.0 Å². The highest BCUT2D eigenvalue weighted by atomic mass is 19.1. The SMILES string of the molecule is Cc1c(N(CCN)CCC(=O)OC(C)(C)C)nc2cc(F)cc(F)c2c1Nc1ccnc(N2CCOCC2)c1. The van der Waals surface area contributed by atoms with Crippen LogP contribution in [0.2, 0.25) is 0 Å². The smallest absolute Gasteiger partial charge is 0.308 e. The second-order valence-electron chi connectivity index (χ2n) is 10.5. The van der Waals surface area contributed by atoms with Gasteiger partial charge in [0.05, 0.1) is 36.2 Å². The van der Waals surface area contributed by atoms with Crippen LogP contribution in [0.5, 0.6) is 0 Å². The molecule has 39 heavy (non-hydrogen) atoms. The molecule has 0 saturated carbocycles. The Hall–Kier alpha value is -3.57. The molecule has 0 spiro atoms. The Morgan fingerprint density at radius 3 is 2.64 bits per heavy atom. The van der Waals surface area contributed by atoms with E-state index in [4.69, 9.17) is 15.2 Å². The molecule has 0 radical (unpaired) electrons. The topological polar surface area (TPSA) is 106 Å². The maximum atomic E-state index is 15.2. The van der Waals surface area contributed by atoms with Gasteiger partial charge in [-0.15, -0.1) is 0 Å². The van der Waals surface area contributed by atoms with Crippen LogP contribution in [-0.4, -0.2) is 67.5 Å². The molecule has 4 rings (SSSR count). The Kier molecular flexibility index (Phi) is 8.81. The zero-order valence-corrected chi connectivity index (χ0v) is 22.9. The highest BCUT2D eigenvalue weighted by Crippen LogP contribution is 2.37. The minimum Gasteiger partial charge on any atom is -0.460 e. The van der Waals surface area contributed by atoms with Gasteiger partial charge in [-0.2, -0.15) is 0 Å². The van der Waals surface area contributed by atoms with Gasteiger partial charge >= 0.3 is 5.97 Å². The van der Waals surface area contributed by atoms with Crippen molar-refractivity contribution < 1.29 is 23.0 Å². The summed E-state index contributed by atoms with van der Waals surface area (Å²) in [6.45, 7) is 10.9. The van der Waals surface area contributed by atoms with E-state index in [1.165, 1.54) is 6.07 Å². The van der Waals surface area contributed by atoms with Gasteiger partial charge in [-0.05, 0) is 33.8 Å². The summed E-state index contributed by atoms with van der Waals surface area (Å²) in [5.41, 5.74) is 7.21. The minimum absolute atomic E-state index is 0.101. The lowest BCUT2D eigenvalue weighted by Gasteiger charge is -2.29. The second-order valence-corrected chi connectivity index (χ2v) is 10.5. The molecule has 1 aromatic carbocycles. The van der Waals surface area contributed by atoms with E-state index in [9.17, 15) is 9.18 Å². The third-order valence-electron chi connectivity index (χ3n) is 6.28. The number of morpholine rings is 1. The Balaban J connectivity index is 1.73. The molecular weight excluding hydrogens is 506 g/mol. The number of esters is 1. The van der Waals surface area contributed by atoms with E-state index >= 15 is 4.39 Å². The zero-order chi connectivity index (χ0) is 28.2. The molecule has 11 heteroatoms. The van der Waals surface area contributed by atoms with Crippen LogP contribution in [0.4, 0.5) is 31.8 Å². The molecule has 3 heterocycles. The van der Waals surface area contributed by atoms with E-state index in [1.54, 1.807) is 12.3 Å². The number of ether oxygens (including phenoxy) is 2. The summed E-state index contributed by atoms with van der Waals surface area (Å²) in [4.78, 5) is 25.5. The summed E-state index contributed by atoms with van der Waals surface area (Å²) in [5, 5.41) is 3.51. The van der Waals surface area contributed by atoms with Crippen molar-refractivity contribution in [2.75, 3.05) is 61.1 Å². The van der Waals surface area contributed by atoms with Crippen LogP contribution in [0.25, 0.3) is 10.9 Å². The van der Waals surface area contributed by atoms with Crippen LogP contribution in [0.3, 0.4) is 0 Å². The highest BCUT2D eigenvalue weighted by Gasteiger charge is 2.23. The number of hydrogen-bond donors (Lipinski definition) is 2. The molecule has 0 aliphatic carbocycles. The number of pyridine rings is 2. The predicted octanol–water partition coefficient (Wildman–Crippen LogP) is 4.29. The summed E-state index contributed by atoms with van der Waals surface area (Å²) < 4.78 is 40.4. The number of aromatic nitrogens is 2. The van der Waals surface area contributed by atoms with E-state index in [0.29, 0.717) is 49.1 Å². The van der Waals surface area contributed by atoms with Crippen LogP contribution in [-0.2, 0) is 14.3 Å². The molecule has 0 amide bonds. The molecule has 1 saturated heterocycles. The third kappa shape index (κ3) is 7.10. The summed E-state index contributed by atoms with van der Waals surface area (Å²) in [6, 6.07) is 5.72. The van der Waals surface area contributed by atoms with Gasteiger partial charge in [0.25, 0.3) is 0 Å². The fourth-order valence-corrected chi connectivity index (χ4v) is 4.56. The average molecular weight is 543 g/mol. The van der Waals surface area contributed by atoms with Crippen molar-refractivity contribution >= 4 is 39.9 Å². The number of benzene rings is 1. The summed E-state index contributed by atoms with van der Waals surface area (Å²) in [5.74, 6) is -0.562. The number of carbonyl (C=O) groups is 1. The van der Waals surface area contributed by atoms with Crippen LogP contribution >= 0.6 is 0 Å². The molecule has 1 fully saturated rings. The lowest BCUT2D eigenvalue weighted by atomic mass is 10.1. The first kappa shape index (κ1) is 28.4. The van der Waals surface area contributed by atoms with E-state index in [-0.39, 0.29) is 29.8 Å². The highest BCUT2D eigenvalue weighted by molar-refractivity contribution is 5.97. The Labute approximate surface area is 227 Å². The molecular formula is C28H36F2N6O3. The first-order chi connectivity index (χ1) is 18.6. The Morgan fingerprint density at radius 2 is 1.95 bits per heavy atom. The first-order valence-corrected chi connectivity index (χ1v) is 13.1. The van der Waals surface area contributed by atoms with E-state index < -0.39 is 17.2 Å². The quantitative estimate of drug-likeness (QED) is 0.383. The molecule has 1 aliphatic rings. The molecule has 3 N–H and O–H groups in total. The lowest BCUT2D eigenvalue weighted by Crippen LogP contribution is -2.36. The molecule has 210 valence electrons. The second kappa shape index (κ2) is 12.1. The summed E-state index contributed by atoms with van der Waals surface area (Å²) in [6.07, 6.45) is 1.79. The van der Waals surface area contributed by atoms with Crippen molar-refractivity contribution in [2.45, 2.75) is 39.7 Å². The standard InChI is InChI=1S/C28H36F2N6O3/c1-18-26(33-20-5-8-32-23(17-20)35-11-13-38-14-12-35)25-21(30)15-19(29)16-22(25)34-27(18)36(10-7-31)9-6-24(37)39-28(2,3)4/h5,8,15-17H,6-7,9-14,31H2,1-4H3,(H,32,33,34). The molecule has 2 aromatic heterocycles. The number of anilines is 4. The van der Waals surface area contributed by atoms with Gasteiger partial charge in [-0.25, -0.2) is 18.7 Å². The number of halogens is 2. The van der Waals surface area contributed by atoms with Crippen LogP contribution in [0.15, 0.2) is 30.5 Å². The molecule has 9 nitrogen and oxygen atoms in total. The molecule has 0 atom stereocenters. The number of hydrogen-bond acceptors (Lipinski definition) is 9. The van der Waals surface area contributed by atoms with Crippen molar-refractivity contribution in [1.29, 1.82) is 0 Å². The molecule has 3 aromatic rings. The summed E-state index contributed by atoms with van der Waals surface area (Å²) >= 11 is 0. The predicted molar refractivity (Wildman–Crippen MR) is 149 cm³/mol. The van der Waals surface area contributed by atoms with Crippen LogP contribution in [0, 0.1) is 18.6 Å². The fraction of sp³-hybridized carbons (Fsp3) is 0.464. The van der Waals surface area contributed by atoms with Crippen molar-refractivity contribution in [3.63, 3.8) is 0 Å². The maximum Gasteiger partial charge on any atom is 0.308 e. The third-order valence-corrected chi connectivity index (χ3v) is 6.28. The number of nitrogens with two attached hydrogens (primary N) is 1. The van der Waals surface area contributed by atoms with Crippen molar-refractivity contribution in [3.05, 3.63) is 47.7 Å². The molecule has 1 aliphatic heterocycles. The van der Waals surface area contributed by atoms with Gasteiger partial charge in [0.2, 0.25) is 0 Å². The van der Waals surface area contributed by atoms with Gasteiger partial charge < -0.3 is 30.3 Å². The van der Waals surface area contributed by atoms with Crippen LogP contribution in [0.1, 0.15) is 32.8 Å². The van der Waals surface area contributed by atoms with E-state index in [2.05, 4.69) is 20.2 Å². The molecule has 0 unspecified atom stereocenters. The fourth-order valence-electron chi connectivity index (χ4n) is 4.56. The van der Waals surface area contributed by atoms with Crippen LogP contribution < -0.4 is 20.9 Å². The van der Waals surface area contributed by atoms with E-state index in [1.807, 2.05) is 38.7 Å². The number of nitrogens with one attached hydrogen (secondary N) is 1. The zero-order valence-electron chi connectivity index (χ0n) is 22.9. The van der Waals surface area contributed by atoms with Gasteiger partial charge in [0.15, 0.2) is 0 Å². The van der Waals surface area contributed by atoms with Crippen molar-refractivity contribution in [2.24, 2.45) is 5.73 Å². The summed E-state index contributed by atoms with van der Waals surface area (Å²) in [7, 11) is 0. The van der Waals surface area contributed by atoms with Gasteiger partial charge in [-0.1, -0.05) is 0 Å².